The fraction of sp³-hybridized carbons (Fsp3) is 0.182. The molecule has 7 heteroatoms. The van der Waals surface area contributed by atoms with Crippen LogP contribution in [0.25, 0.3) is 0 Å². The van der Waals surface area contributed by atoms with Crippen LogP contribution in [0.2, 0.25) is 0 Å². The maximum absolute atomic E-state index is 11.8. The van der Waals surface area contributed by atoms with Gasteiger partial charge in [-0.15, -0.1) is 5.06 Å². The summed E-state index contributed by atoms with van der Waals surface area (Å²) in [4.78, 5) is 38.9. The van der Waals surface area contributed by atoms with Crippen molar-refractivity contribution in [2.75, 3.05) is 6.61 Å². The zero-order valence-electron chi connectivity index (χ0n) is 9.33. The highest BCUT2D eigenvalue weighted by Gasteiger charge is 2.37. The minimum absolute atomic E-state index is 0.111. The molecule has 3 N–H and O–H groups in total. The monoisotopic (exact) mass is 249 g/mol. The first-order valence-electron chi connectivity index (χ1n) is 5.22. The van der Waals surface area contributed by atoms with Gasteiger partial charge < -0.3 is 11.1 Å². The van der Waals surface area contributed by atoms with Crippen molar-refractivity contribution >= 4 is 17.8 Å². The van der Waals surface area contributed by atoms with Crippen LogP contribution in [0.1, 0.15) is 10.4 Å². The largest absolute Gasteiger partial charge is 0.349 e. The smallest absolute Gasteiger partial charge is 0.346 e. The Morgan fingerprint density at radius 2 is 2.00 bits per heavy atom. The lowest BCUT2D eigenvalue weighted by Gasteiger charge is -2.10. The molecule has 1 saturated heterocycles. The number of hydroxylamine groups is 2. The topological polar surface area (TPSA) is 102 Å². The summed E-state index contributed by atoms with van der Waals surface area (Å²) in [5, 5.41) is 2.91. The molecule has 0 aliphatic carbocycles. The van der Waals surface area contributed by atoms with Crippen LogP contribution in [0.3, 0.4) is 0 Å². The van der Waals surface area contributed by atoms with E-state index in [0.29, 0.717) is 10.6 Å². The van der Waals surface area contributed by atoms with Crippen molar-refractivity contribution in [1.29, 1.82) is 0 Å². The van der Waals surface area contributed by atoms with E-state index < -0.39 is 23.9 Å². The first-order valence-corrected chi connectivity index (χ1v) is 5.22. The predicted octanol–water partition coefficient (Wildman–Crippen LogP) is -0.363. The van der Waals surface area contributed by atoms with Crippen molar-refractivity contribution in [2.24, 2.45) is 5.73 Å². The molecule has 1 heterocycles. The summed E-state index contributed by atoms with van der Waals surface area (Å²) in [6, 6.07) is 6.51. The molecule has 1 aromatic rings. The van der Waals surface area contributed by atoms with Crippen molar-refractivity contribution in [2.45, 2.75) is 6.04 Å². The Hall–Kier alpha value is -2.41. The zero-order valence-corrected chi connectivity index (χ0v) is 9.33. The Bertz CT molecular complexity index is 488. The number of carbonyl (C=O) groups excluding carboxylic acids is 3. The number of imide groups is 1. The van der Waals surface area contributed by atoms with E-state index in [-0.39, 0.29) is 6.61 Å². The Morgan fingerprint density at radius 3 is 2.56 bits per heavy atom. The van der Waals surface area contributed by atoms with Gasteiger partial charge in [-0.3, -0.25) is 14.4 Å². The van der Waals surface area contributed by atoms with E-state index >= 15 is 0 Å². The number of amides is 4. The molecule has 94 valence electrons. The minimum atomic E-state index is -1.00. The van der Waals surface area contributed by atoms with Crippen molar-refractivity contribution in [3.8, 4) is 0 Å². The third kappa shape index (κ3) is 2.30. The van der Waals surface area contributed by atoms with E-state index in [0.717, 1.165) is 0 Å². The fourth-order valence-corrected chi connectivity index (χ4v) is 1.53. The minimum Gasteiger partial charge on any atom is -0.349 e. The van der Waals surface area contributed by atoms with Crippen LogP contribution in [0.4, 0.5) is 4.79 Å². The second kappa shape index (κ2) is 4.84. The molecule has 1 unspecified atom stereocenters. The third-order valence-corrected chi connectivity index (χ3v) is 2.41. The highest BCUT2D eigenvalue weighted by molar-refractivity contribution is 6.01. The van der Waals surface area contributed by atoms with Gasteiger partial charge in [0.15, 0.2) is 0 Å². The molecule has 1 aromatic carbocycles. The van der Waals surface area contributed by atoms with E-state index in [4.69, 9.17) is 10.6 Å². The molecule has 0 bridgehead atoms. The number of urea groups is 1. The molecule has 1 fully saturated rings. The van der Waals surface area contributed by atoms with Gasteiger partial charge in [-0.1, -0.05) is 18.2 Å². The molecule has 1 aliphatic rings. The van der Waals surface area contributed by atoms with Gasteiger partial charge in [-0.2, -0.15) is 0 Å². The first kappa shape index (κ1) is 12.1. The van der Waals surface area contributed by atoms with Gasteiger partial charge in [0.25, 0.3) is 11.8 Å². The highest BCUT2D eigenvalue weighted by atomic mass is 16.7. The Morgan fingerprint density at radius 1 is 1.33 bits per heavy atom. The van der Waals surface area contributed by atoms with E-state index in [2.05, 4.69) is 5.32 Å². The van der Waals surface area contributed by atoms with Crippen LogP contribution in [-0.4, -0.2) is 35.6 Å². The molecular weight excluding hydrogens is 238 g/mol. The van der Waals surface area contributed by atoms with Crippen LogP contribution >= 0.6 is 0 Å². The number of carbonyl (C=O) groups is 3. The molecule has 1 aliphatic heterocycles. The van der Waals surface area contributed by atoms with Crippen LogP contribution in [0.15, 0.2) is 30.3 Å². The summed E-state index contributed by atoms with van der Waals surface area (Å²) < 4.78 is 0. The summed E-state index contributed by atoms with van der Waals surface area (Å²) in [5.41, 5.74) is 5.34. The molecule has 0 aromatic heterocycles. The van der Waals surface area contributed by atoms with E-state index in [9.17, 15) is 14.4 Å². The summed E-state index contributed by atoms with van der Waals surface area (Å²) in [7, 11) is 0. The normalized spacial score (nSPS) is 18.8. The lowest BCUT2D eigenvalue weighted by molar-refractivity contribution is -0.147. The van der Waals surface area contributed by atoms with Gasteiger partial charge in [0, 0.05) is 5.56 Å². The van der Waals surface area contributed by atoms with Crippen molar-refractivity contribution in [1.82, 2.24) is 10.4 Å². The maximum Gasteiger partial charge on any atom is 0.346 e. The van der Waals surface area contributed by atoms with E-state index in [1.54, 1.807) is 30.3 Å². The average molecular weight is 249 g/mol. The predicted molar refractivity (Wildman–Crippen MR) is 60.1 cm³/mol. The summed E-state index contributed by atoms with van der Waals surface area (Å²) in [6.07, 6.45) is 0. The quantitative estimate of drug-likeness (QED) is 0.747. The van der Waals surface area contributed by atoms with Crippen molar-refractivity contribution in [3.05, 3.63) is 35.9 Å². The molecule has 0 spiro atoms. The highest BCUT2D eigenvalue weighted by Crippen LogP contribution is 2.08. The standard InChI is InChI=1S/C11H11N3O4/c12-11(17)14-10(16)8(6-18-14)13-9(15)7-4-2-1-3-5-7/h1-5,8H,6H2,(H2,12,17)(H,13,15). The summed E-state index contributed by atoms with van der Waals surface area (Å²) in [6.45, 7) is -0.111. The van der Waals surface area contributed by atoms with Gasteiger partial charge in [0.05, 0.1) is 0 Å². The second-order valence-electron chi connectivity index (χ2n) is 3.66. The number of benzene rings is 1. The van der Waals surface area contributed by atoms with Gasteiger partial charge in [0.1, 0.15) is 12.6 Å². The second-order valence-corrected chi connectivity index (χ2v) is 3.66. The maximum atomic E-state index is 11.8. The van der Waals surface area contributed by atoms with Crippen molar-refractivity contribution < 1.29 is 19.2 Å². The molecular formula is C11H11N3O4. The molecule has 0 radical (unpaired) electrons. The number of hydrogen-bond donors (Lipinski definition) is 2. The first-order chi connectivity index (χ1) is 8.59. The number of rotatable bonds is 2. The molecule has 2 rings (SSSR count). The van der Waals surface area contributed by atoms with Gasteiger partial charge >= 0.3 is 6.03 Å². The van der Waals surface area contributed by atoms with Crippen LogP contribution in [-0.2, 0) is 9.63 Å². The van der Waals surface area contributed by atoms with Crippen molar-refractivity contribution in [3.63, 3.8) is 0 Å². The molecule has 18 heavy (non-hydrogen) atoms. The summed E-state index contributed by atoms with van der Waals surface area (Å²) >= 11 is 0. The number of nitrogens with one attached hydrogen (secondary N) is 1. The van der Waals surface area contributed by atoms with E-state index in [1.165, 1.54) is 0 Å². The fourth-order valence-electron chi connectivity index (χ4n) is 1.53. The Labute approximate surface area is 102 Å². The van der Waals surface area contributed by atoms with Gasteiger partial charge in [-0.05, 0) is 12.1 Å². The van der Waals surface area contributed by atoms with Crippen LogP contribution in [0.5, 0.6) is 0 Å². The Kier molecular flexibility index (Phi) is 3.24. The number of nitrogens with two attached hydrogens (primary N) is 1. The molecule has 0 saturated carbocycles. The number of hydrogen-bond acceptors (Lipinski definition) is 4. The molecule has 4 amide bonds. The average Bonchev–Trinajstić information content (AvgIpc) is 2.72. The number of nitrogens with zero attached hydrogens (tertiary/aromatic N) is 1. The van der Waals surface area contributed by atoms with Crippen LogP contribution < -0.4 is 11.1 Å². The SMILES string of the molecule is NC(=O)N1OCC(NC(=O)c2ccccc2)C1=O. The summed E-state index contributed by atoms with van der Waals surface area (Å²) in [5.74, 6) is -1.09. The lowest BCUT2D eigenvalue weighted by atomic mass is 10.2. The Balaban J connectivity index is 2.02. The van der Waals surface area contributed by atoms with Gasteiger partial charge in [0.2, 0.25) is 0 Å². The third-order valence-electron chi connectivity index (χ3n) is 2.41. The molecule has 1 atom stereocenters. The zero-order chi connectivity index (χ0) is 13.1. The van der Waals surface area contributed by atoms with Gasteiger partial charge in [-0.25, -0.2) is 4.79 Å². The van der Waals surface area contributed by atoms with E-state index in [1.807, 2.05) is 0 Å². The molecule has 7 nitrogen and oxygen atoms in total. The lowest BCUT2D eigenvalue weighted by Crippen LogP contribution is -2.45. The number of primary amides is 1. The van der Waals surface area contributed by atoms with Crippen LogP contribution in [0, 0.1) is 0 Å².